The van der Waals surface area contributed by atoms with Gasteiger partial charge >= 0.3 is 0 Å². The fourth-order valence-corrected chi connectivity index (χ4v) is 1.54. The second kappa shape index (κ2) is 5.15. The lowest BCUT2D eigenvalue weighted by molar-refractivity contribution is 0.415. The first-order valence-corrected chi connectivity index (χ1v) is 5.34. The number of methoxy groups -OCH3 is 1. The van der Waals surface area contributed by atoms with E-state index in [0.717, 1.165) is 16.0 Å². The van der Waals surface area contributed by atoms with Crippen molar-refractivity contribution >= 4 is 0 Å². The highest BCUT2D eigenvalue weighted by Gasteiger charge is 2.03. The predicted octanol–water partition coefficient (Wildman–Crippen LogP) is 1.44. The molecule has 1 aromatic carbocycles. The lowest BCUT2D eigenvalue weighted by Crippen LogP contribution is -2.21. The fraction of sp³-hybridized carbons (Fsp3) is 0.154. The maximum absolute atomic E-state index is 11.4. The van der Waals surface area contributed by atoms with Gasteiger partial charge in [-0.15, -0.1) is 0 Å². The van der Waals surface area contributed by atoms with E-state index in [-0.39, 0.29) is 12.1 Å². The molecular formula is C13H11N3O2. The van der Waals surface area contributed by atoms with Crippen molar-refractivity contribution in [1.82, 2.24) is 9.78 Å². The number of hydrogen-bond acceptors (Lipinski definition) is 4. The zero-order valence-electron chi connectivity index (χ0n) is 9.83. The Morgan fingerprint density at radius 2 is 2.00 bits per heavy atom. The average molecular weight is 241 g/mol. The molecule has 0 saturated heterocycles. The van der Waals surface area contributed by atoms with E-state index in [1.165, 1.54) is 6.07 Å². The van der Waals surface area contributed by atoms with E-state index in [2.05, 4.69) is 5.10 Å². The number of hydrogen-bond donors (Lipinski definition) is 0. The Labute approximate surface area is 104 Å². The van der Waals surface area contributed by atoms with Gasteiger partial charge in [0.2, 0.25) is 0 Å². The SMILES string of the molecule is COc1ccc(-c2ccc(=O)n(CC#N)n2)cc1. The van der Waals surface area contributed by atoms with Crippen LogP contribution in [-0.4, -0.2) is 16.9 Å². The minimum Gasteiger partial charge on any atom is -0.497 e. The molecular weight excluding hydrogens is 230 g/mol. The lowest BCUT2D eigenvalue weighted by Gasteiger charge is -2.05. The number of nitriles is 1. The Hall–Kier alpha value is -2.61. The normalized spacial score (nSPS) is 9.78. The van der Waals surface area contributed by atoms with Crippen molar-refractivity contribution in [2.45, 2.75) is 6.54 Å². The molecule has 5 nitrogen and oxygen atoms in total. The molecule has 18 heavy (non-hydrogen) atoms. The predicted molar refractivity (Wildman–Crippen MR) is 66.1 cm³/mol. The summed E-state index contributed by atoms with van der Waals surface area (Å²) in [5.41, 5.74) is 1.23. The molecule has 0 atom stereocenters. The summed E-state index contributed by atoms with van der Waals surface area (Å²) in [7, 11) is 1.60. The highest BCUT2D eigenvalue weighted by atomic mass is 16.5. The third kappa shape index (κ3) is 2.38. The van der Waals surface area contributed by atoms with Crippen LogP contribution in [0.15, 0.2) is 41.2 Å². The van der Waals surface area contributed by atoms with E-state index >= 15 is 0 Å². The molecule has 0 saturated carbocycles. The molecule has 2 aromatic rings. The first-order valence-electron chi connectivity index (χ1n) is 5.34. The summed E-state index contributed by atoms with van der Waals surface area (Å²) in [6.45, 7) is -0.0527. The summed E-state index contributed by atoms with van der Waals surface area (Å²) < 4.78 is 6.21. The van der Waals surface area contributed by atoms with Crippen molar-refractivity contribution in [3.8, 4) is 23.1 Å². The molecule has 0 aliphatic heterocycles. The van der Waals surface area contributed by atoms with E-state index < -0.39 is 0 Å². The van der Waals surface area contributed by atoms with Crippen LogP contribution >= 0.6 is 0 Å². The van der Waals surface area contributed by atoms with Crippen LogP contribution in [0.1, 0.15) is 0 Å². The van der Waals surface area contributed by atoms with E-state index in [4.69, 9.17) is 10.00 Å². The fourth-order valence-electron chi connectivity index (χ4n) is 1.54. The quantitative estimate of drug-likeness (QED) is 0.815. The van der Waals surface area contributed by atoms with Gasteiger partial charge in [-0.3, -0.25) is 4.79 Å². The molecule has 0 bridgehead atoms. The smallest absolute Gasteiger partial charge is 0.267 e. The summed E-state index contributed by atoms with van der Waals surface area (Å²) in [6.07, 6.45) is 0. The Kier molecular flexibility index (Phi) is 3.39. The summed E-state index contributed by atoms with van der Waals surface area (Å²) in [4.78, 5) is 11.4. The van der Waals surface area contributed by atoms with Crippen LogP contribution in [0.25, 0.3) is 11.3 Å². The van der Waals surface area contributed by atoms with E-state index in [0.29, 0.717) is 5.69 Å². The number of nitrogens with zero attached hydrogens (tertiary/aromatic N) is 3. The summed E-state index contributed by atoms with van der Waals surface area (Å²) in [6, 6.07) is 12.3. The zero-order chi connectivity index (χ0) is 13.0. The topological polar surface area (TPSA) is 67.9 Å². The highest BCUT2D eigenvalue weighted by molar-refractivity contribution is 5.59. The van der Waals surface area contributed by atoms with Crippen LogP contribution in [0.5, 0.6) is 5.75 Å². The van der Waals surface area contributed by atoms with Crippen molar-refractivity contribution in [3.05, 3.63) is 46.8 Å². The van der Waals surface area contributed by atoms with Gasteiger partial charge in [0.25, 0.3) is 5.56 Å². The molecule has 0 amide bonds. The minimum atomic E-state index is -0.284. The van der Waals surface area contributed by atoms with Crippen molar-refractivity contribution in [2.75, 3.05) is 7.11 Å². The van der Waals surface area contributed by atoms with E-state index in [1.807, 2.05) is 30.3 Å². The van der Waals surface area contributed by atoms with Crippen LogP contribution in [0.4, 0.5) is 0 Å². The molecule has 90 valence electrons. The van der Waals surface area contributed by atoms with Gasteiger partial charge in [0.1, 0.15) is 12.3 Å². The number of ether oxygens (including phenoxy) is 1. The monoisotopic (exact) mass is 241 g/mol. The second-order valence-electron chi connectivity index (χ2n) is 3.60. The Balaban J connectivity index is 2.41. The van der Waals surface area contributed by atoms with Crippen LogP contribution in [0.2, 0.25) is 0 Å². The van der Waals surface area contributed by atoms with Gasteiger partial charge in [-0.25, -0.2) is 4.68 Å². The number of aromatic nitrogens is 2. The Morgan fingerprint density at radius 1 is 1.28 bits per heavy atom. The van der Waals surface area contributed by atoms with Gasteiger partial charge in [0.05, 0.1) is 18.9 Å². The van der Waals surface area contributed by atoms with Crippen LogP contribution in [0, 0.1) is 11.3 Å². The molecule has 1 aromatic heterocycles. The molecule has 0 spiro atoms. The van der Waals surface area contributed by atoms with Crippen LogP contribution in [-0.2, 0) is 6.54 Å². The maximum atomic E-state index is 11.4. The minimum absolute atomic E-state index is 0.0527. The summed E-state index contributed by atoms with van der Waals surface area (Å²) >= 11 is 0. The number of rotatable bonds is 3. The van der Waals surface area contributed by atoms with Gasteiger partial charge in [0.15, 0.2) is 0 Å². The average Bonchev–Trinajstić information content (AvgIpc) is 2.42. The lowest BCUT2D eigenvalue weighted by atomic mass is 10.1. The molecule has 0 N–H and O–H groups in total. The van der Waals surface area contributed by atoms with E-state index in [9.17, 15) is 4.79 Å². The zero-order valence-corrected chi connectivity index (χ0v) is 9.83. The van der Waals surface area contributed by atoms with Gasteiger partial charge in [-0.2, -0.15) is 10.4 Å². The highest BCUT2D eigenvalue weighted by Crippen LogP contribution is 2.19. The van der Waals surface area contributed by atoms with Gasteiger partial charge in [-0.05, 0) is 30.3 Å². The molecule has 2 rings (SSSR count). The van der Waals surface area contributed by atoms with E-state index in [1.54, 1.807) is 13.2 Å². The largest absolute Gasteiger partial charge is 0.497 e. The summed E-state index contributed by atoms with van der Waals surface area (Å²) in [5.74, 6) is 0.754. The molecule has 0 aliphatic carbocycles. The second-order valence-corrected chi connectivity index (χ2v) is 3.60. The molecule has 0 unspecified atom stereocenters. The molecule has 0 fully saturated rings. The van der Waals surface area contributed by atoms with Crippen LogP contribution < -0.4 is 10.3 Å². The summed E-state index contributed by atoms with van der Waals surface area (Å²) in [5, 5.41) is 12.7. The number of benzene rings is 1. The van der Waals surface area contributed by atoms with Gasteiger partial charge in [0, 0.05) is 11.6 Å². The Morgan fingerprint density at radius 3 is 2.61 bits per heavy atom. The Bertz CT molecular complexity index is 639. The van der Waals surface area contributed by atoms with Crippen molar-refractivity contribution in [3.63, 3.8) is 0 Å². The first kappa shape index (κ1) is 11.9. The molecule has 0 aliphatic rings. The van der Waals surface area contributed by atoms with Crippen molar-refractivity contribution in [1.29, 1.82) is 5.26 Å². The molecule has 5 heteroatoms. The molecule has 0 radical (unpaired) electrons. The van der Waals surface area contributed by atoms with Crippen molar-refractivity contribution in [2.24, 2.45) is 0 Å². The van der Waals surface area contributed by atoms with Crippen molar-refractivity contribution < 1.29 is 4.74 Å². The maximum Gasteiger partial charge on any atom is 0.267 e. The standard InChI is InChI=1S/C13H11N3O2/c1-18-11-4-2-10(3-5-11)12-6-7-13(17)16(15-12)9-8-14/h2-7H,9H2,1H3. The third-order valence-electron chi connectivity index (χ3n) is 2.47. The van der Waals surface area contributed by atoms with Gasteiger partial charge in [-0.1, -0.05) is 0 Å². The molecule has 1 heterocycles. The first-order chi connectivity index (χ1) is 8.74. The third-order valence-corrected chi connectivity index (χ3v) is 2.47. The van der Waals surface area contributed by atoms with Gasteiger partial charge < -0.3 is 4.74 Å². The van der Waals surface area contributed by atoms with Crippen LogP contribution in [0.3, 0.4) is 0 Å².